The average molecular weight is 282 g/mol. The number of rotatable bonds is 6. The van der Waals surface area contributed by atoms with Gasteiger partial charge in [0, 0.05) is 12.5 Å². The molecule has 2 rings (SSSR count). The Kier molecular flexibility index (Phi) is 4.05. The van der Waals surface area contributed by atoms with Crippen LogP contribution < -0.4 is 5.32 Å². The van der Waals surface area contributed by atoms with Crippen LogP contribution in [-0.2, 0) is 6.54 Å². The minimum absolute atomic E-state index is 0.00184. The molecule has 19 heavy (non-hydrogen) atoms. The van der Waals surface area contributed by atoms with E-state index in [1.807, 2.05) is 0 Å². The van der Waals surface area contributed by atoms with Gasteiger partial charge in [0.15, 0.2) is 0 Å². The second kappa shape index (κ2) is 5.74. The third kappa shape index (κ3) is 3.47. The van der Waals surface area contributed by atoms with Gasteiger partial charge >= 0.3 is 5.69 Å². The number of hydrogen-bond acceptors (Lipinski definition) is 7. The Hall–Kier alpha value is -2.03. The van der Waals surface area contributed by atoms with Crippen LogP contribution in [0.5, 0.6) is 0 Å². The molecular formula is C10H14N6O2S. The van der Waals surface area contributed by atoms with Crippen molar-refractivity contribution in [2.75, 3.05) is 11.9 Å². The highest BCUT2D eigenvalue weighted by Crippen LogP contribution is 2.22. The first-order valence-electron chi connectivity index (χ1n) is 5.80. The van der Waals surface area contributed by atoms with Crippen molar-refractivity contribution < 1.29 is 4.92 Å². The lowest BCUT2D eigenvalue weighted by molar-refractivity contribution is -0.385. The fraction of sp³-hybridized carbons (Fsp3) is 0.500. The molecule has 0 fully saturated rings. The summed E-state index contributed by atoms with van der Waals surface area (Å²) in [6, 6.07) is 0. The fourth-order valence-electron chi connectivity index (χ4n) is 1.39. The Morgan fingerprint density at radius 3 is 2.89 bits per heavy atom. The van der Waals surface area contributed by atoms with Gasteiger partial charge in [-0.1, -0.05) is 25.2 Å². The highest BCUT2D eigenvalue weighted by atomic mass is 32.1. The molecule has 0 atom stereocenters. The molecule has 2 heterocycles. The molecule has 0 saturated heterocycles. The first kappa shape index (κ1) is 13.4. The SMILES string of the molecule is CC(C)c1nnc(NCCn2cc([N+](=O)[O-])cn2)s1. The highest BCUT2D eigenvalue weighted by molar-refractivity contribution is 7.15. The number of aromatic nitrogens is 4. The van der Waals surface area contributed by atoms with E-state index in [9.17, 15) is 10.1 Å². The Bertz CT molecular complexity index is 564. The molecule has 1 N–H and O–H groups in total. The zero-order chi connectivity index (χ0) is 13.8. The van der Waals surface area contributed by atoms with E-state index in [1.54, 1.807) is 0 Å². The molecule has 0 aliphatic heterocycles. The molecule has 0 aromatic carbocycles. The Balaban J connectivity index is 1.83. The van der Waals surface area contributed by atoms with Gasteiger partial charge in [0.1, 0.15) is 17.4 Å². The fourth-order valence-corrected chi connectivity index (χ4v) is 2.16. The summed E-state index contributed by atoms with van der Waals surface area (Å²) in [5.41, 5.74) is -0.00184. The maximum atomic E-state index is 10.5. The van der Waals surface area contributed by atoms with Gasteiger partial charge in [0.05, 0.1) is 11.5 Å². The first-order valence-corrected chi connectivity index (χ1v) is 6.62. The summed E-state index contributed by atoms with van der Waals surface area (Å²) >= 11 is 1.51. The lowest BCUT2D eigenvalue weighted by Gasteiger charge is -2.01. The molecule has 2 aromatic heterocycles. The second-order valence-electron chi connectivity index (χ2n) is 4.25. The predicted molar refractivity (Wildman–Crippen MR) is 71.4 cm³/mol. The van der Waals surface area contributed by atoms with Gasteiger partial charge in [-0.05, 0) is 0 Å². The lowest BCUT2D eigenvalue weighted by atomic mass is 10.2. The van der Waals surface area contributed by atoms with Crippen molar-refractivity contribution in [1.82, 2.24) is 20.0 Å². The van der Waals surface area contributed by atoms with Crippen molar-refractivity contribution in [3.05, 3.63) is 27.5 Å². The Morgan fingerprint density at radius 1 is 1.53 bits per heavy atom. The largest absolute Gasteiger partial charge is 0.358 e. The van der Waals surface area contributed by atoms with Crippen molar-refractivity contribution >= 4 is 22.2 Å². The van der Waals surface area contributed by atoms with E-state index in [2.05, 4.69) is 34.5 Å². The van der Waals surface area contributed by atoms with E-state index in [-0.39, 0.29) is 5.69 Å². The van der Waals surface area contributed by atoms with E-state index in [0.717, 1.165) is 10.1 Å². The predicted octanol–water partition coefficient (Wildman–Crippen LogP) is 1.88. The Labute approximate surface area is 113 Å². The molecular weight excluding hydrogens is 268 g/mol. The summed E-state index contributed by atoms with van der Waals surface area (Å²) in [6.07, 6.45) is 2.64. The summed E-state index contributed by atoms with van der Waals surface area (Å²) in [6.45, 7) is 5.25. The number of nitro groups is 1. The molecule has 0 spiro atoms. The minimum Gasteiger partial charge on any atom is -0.358 e. The third-order valence-electron chi connectivity index (χ3n) is 2.38. The number of hydrogen-bond donors (Lipinski definition) is 1. The highest BCUT2D eigenvalue weighted by Gasteiger charge is 2.09. The van der Waals surface area contributed by atoms with Crippen LogP contribution in [0.25, 0.3) is 0 Å². The van der Waals surface area contributed by atoms with Crippen molar-refractivity contribution in [2.24, 2.45) is 0 Å². The minimum atomic E-state index is -0.462. The van der Waals surface area contributed by atoms with Gasteiger partial charge in [-0.15, -0.1) is 10.2 Å². The summed E-state index contributed by atoms with van der Waals surface area (Å²) in [5.74, 6) is 0.363. The summed E-state index contributed by atoms with van der Waals surface area (Å²) in [4.78, 5) is 10.0. The van der Waals surface area contributed by atoms with Gasteiger partial charge in [-0.25, -0.2) is 0 Å². The summed E-state index contributed by atoms with van der Waals surface area (Å²) < 4.78 is 1.52. The molecule has 102 valence electrons. The maximum Gasteiger partial charge on any atom is 0.306 e. The molecule has 0 aliphatic carbocycles. The number of anilines is 1. The lowest BCUT2D eigenvalue weighted by Crippen LogP contribution is -2.10. The van der Waals surface area contributed by atoms with Gasteiger partial charge < -0.3 is 5.32 Å². The van der Waals surface area contributed by atoms with Crippen molar-refractivity contribution in [2.45, 2.75) is 26.3 Å². The molecule has 0 amide bonds. The zero-order valence-electron chi connectivity index (χ0n) is 10.6. The van der Waals surface area contributed by atoms with Gasteiger partial charge in [-0.2, -0.15) is 5.10 Å². The molecule has 8 nitrogen and oxygen atoms in total. The quantitative estimate of drug-likeness (QED) is 0.641. The van der Waals surface area contributed by atoms with Crippen LogP contribution in [0.3, 0.4) is 0 Å². The van der Waals surface area contributed by atoms with Crippen LogP contribution in [0, 0.1) is 10.1 Å². The van der Waals surface area contributed by atoms with E-state index < -0.39 is 4.92 Å². The van der Waals surface area contributed by atoms with Crippen LogP contribution in [0.2, 0.25) is 0 Å². The van der Waals surface area contributed by atoms with Crippen molar-refractivity contribution in [3.63, 3.8) is 0 Å². The summed E-state index contributed by atoms with van der Waals surface area (Å²) in [5, 5.41) is 27.3. The standard InChI is InChI=1S/C10H14N6O2S/c1-7(2)9-13-14-10(19-9)11-3-4-15-6-8(5-12-15)16(17)18/h5-7H,3-4H2,1-2H3,(H,11,14). The average Bonchev–Trinajstić information content (AvgIpc) is 2.97. The van der Waals surface area contributed by atoms with E-state index >= 15 is 0 Å². The van der Waals surface area contributed by atoms with Crippen LogP contribution >= 0.6 is 11.3 Å². The molecule has 0 unspecified atom stereocenters. The van der Waals surface area contributed by atoms with Crippen molar-refractivity contribution in [1.29, 1.82) is 0 Å². The molecule has 0 aliphatic rings. The van der Waals surface area contributed by atoms with Crippen LogP contribution in [0.15, 0.2) is 12.4 Å². The van der Waals surface area contributed by atoms with Gasteiger partial charge in [0.2, 0.25) is 5.13 Å². The van der Waals surface area contributed by atoms with Crippen molar-refractivity contribution in [3.8, 4) is 0 Å². The van der Waals surface area contributed by atoms with Crippen LogP contribution in [-0.4, -0.2) is 31.4 Å². The van der Waals surface area contributed by atoms with Gasteiger partial charge in [-0.3, -0.25) is 14.8 Å². The van der Waals surface area contributed by atoms with E-state index in [4.69, 9.17) is 0 Å². The third-order valence-corrected chi connectivity index (χ3v) is 3.56. The zero-order valence-corrected chi connectivity index (χ0v) is 11.4. The molecule has 0 radical (unpaired) electrons. The van der Waals surface area contributed by atoms with E-state index in [1.165, 1.54) is 28.4 Å². The molecule has 0 bridgehead atoms. The smallest absolute Gasteiger partial charge is 0.306 e. The number of nitrogens with one attached hydrogen (secondary N) is 1. The second-order valence-corrected chi connectivity index (χ2v) is 5.25. The Morgan fingerprint density at radius 2 is 2.32 bits per heavy atom. The molecule has 0 saturated carbocycles. The normalized spacial score (nSPS) is 10.9. The monoisotopic (exact) mass is 282 g/mol. The molecule has 9 heteroatoms. The van der Waals surface area contributed by atoms with E-state index in [0.29, 0.717) is 19.0 Å². The first-order chi connectivity index (χ1) is 9.06. The topological polar surface area (TPSA) is 98.8 Å². The van der Waals surface area contributed by atoms with Gasteiger partial charge in [0.25, 0.3) is 0 Å². The molecule has 2 aromatic rings. The van der Waals surface area contributed by atoms with Crippen LogP contribution in [0.4, 0.5) is 10.8 Å². The summed E-state index contributed by atoms with van der Waals surface area (Å²) in [7, 11) is 0. The van der Waals surface area contributed by atoms with Crippen LogP contribution in [0.1, 0.15) is 24.8 Å². The number of nitrogens with zero attached hydrogens (tertiary/aromatic N) is 5. The maximum absolute atomic E-state index is 10.5.